The first kappa shape index (κ1) is 33.5. The third kappa shape index (κ3) is 7.27. The zero-order valence-corrected chi connectivity index (χ0v) is 27.9. The molecule has 0 unspecified atom stereocenters. The third-order valence-corrected chi connectivity index (χ3v) is 9.05. The normalized spacial score (nSPS) is 11.7. The Hall–Kier alpha value is -4.85. The number of carbonyl (C=O) groups excluding carboxylic acids is 1. The topological polar surface area (TPSA) is 94.3 Å². The summed E-state index contributed by atoms with van der Waals surface area (Å²) >= 11 is 0. The van der Waals surface area contributed by atoms with Crippen LogP contribution in [0.1, 0.15) is 79.1 Å². The molecule has 3 heterocycles. The van der Waals surface area contributed by atoms with Crippen molar-refractivity contribution < 1.29 is 23.8 Å². The summed E-state index contributed by atoms with van der Waals surface area (Å²) in [5.41, 5.74) is 6.30. The van der Waals surface area contributed by atoms with Crippen molar-refractivity contribution in [1.29, 1.82) is 0 Å². The maximum Gasteiger partial charge on any atom is 0.309 e. The van der Waals surface area contributed by atoms with Gasteiger partial charge in [0.1, 0.15) is 18.2 Å². The van der Waals surface area contributed by atoms with Crippen molar-refractivity contribution >= 4 is 22.7 Å². The van der Waals surface area contributed by atoms with Gasteiger partial charge in [-0.1, -0.05) is 44.2 Å². The molecule has 1 N–H and O–H groups in total. The number of aryl methyl sites for hydroxylation is 2. The summed E-state index contributed by atoms with van der Waals surface area (Å²) < 4.78 is 21.7. The number of pyridine rings is 2. The highest BCUT2D eigenvalue weighted by atomic mass is 19.1. The highest BCUT2D eigenvalue weighted by Gasteiger charge is 2.34. The Morgan fingerprint density at radius 1 is 0.979 bits per heavy atom. The van der Waals surface area contributed by atoms with E-state index in [1.807, 2.05) is 82.3 Å². The van der Waals surface area contributed by atoms with Gasteiger partial charge in [-0.15, -0.1) is 0 Å². The Morgan fingerprint density at radius 3 is 2.32 bits per heavy atom. The molecule has 0 bridgehead atoms. The Bertz CT molecular complexity index is 1910. The maximum atomic E-state index is 14.3. The third-order valence-electron chi connectivity index (χ3n) is 9.05. The second kappa shape index (κ2) is 13.9. The Labute approximate surface area is 275 Å². The number of benzene rings is 2. The molecule has 0 fully saturated rings. The van der Waals surface area contributed by atoms with Gasteiger partial charge in [-0.05, 0) is 88.1 Å². The smallest absolute Gasteiger partial charge is 0.309 e. The molecule has 3 aromatic heterocycles. The first-order valence-electron chi connectivity index (χ1n) is 16.1. The lowest BCUT2D eigenvalue weighted by molar-refractivity contribution is -0.146. The van der Waals surface area contributed by atoms with E-state index in [0.717, 1.165) is 39.0 Å². The number of fused-ring (bicyclic) bond motifs is 1. The number of carbonyl (C=O) groups is 2. The van der Waals surface area contributed by atoms with E-state index < -0.39 is 17.2 Å². The van der Waals surface area contributed by atoms with Crippen molar-refractivity contribution in [3.05, 3.63) is 113 Å². The van der Waals surface area contributed by atoms with Gasteiger partial charge in [-0.25, -0.2) is 4.39 Å². The van der Waals surface area contributed by atoms with E-state index in [2.05, 4.69) is 14.5 Å². The fraction of sp³-hybridized carbons (Fsp3) is 0.333. The van der Waals surface area contributed by atoms with Gasteiger partial charge < -0.3 is 14.4 Å². The second-order valence-electron chi connectivity index (χ2n) is 12.9. The minimum Gasteiger partial charge on any atom is -0.487 e. The fourth-order valence-electron chi connectivity index (χ4n) is 5.90. The van der Waals surface area contributed by atoms with Crippen LogP contribution >= 0.6 is 0 Å². The van der Waals surface area contributed by atoms with Gasteiger partial charge in [0.25, 0.3) is 0 Å². The van der Waals surface area contributed by atoms with Crippen LogP contribution in [0.2, 0.25) is 0 Å². The van der Waals surface area contributed by atoms with E-state index in [9.17, 15) is 19.1 Å². The number of ketones is 1. The van der Waals surface area contributed by atoms with Crippen LogP contribution in [-0.4, -0.2) is 31.4 Å². The average molecular weight is 636 g/mol. The second-order valence-corrected chi connectivity index (χ2v) is 12.9. The monoisotopic (exact) mass is 635 g/mol. The molecule has 0 amide bonds. The maximum absolute atomic E-state index is 14.3. The van der Waals surface area contributed by atoms with Gasteiger partial charge >= 0.3 is 5.97 Å². The van der Waals surface area contributed by atoms with Crippen LogP contribution in [0, 0.1) is 31.0 Å². The van der Waals surface area contributed by atoms with Crippen LogP contribution in [0.4, 0.5) is 4.39 Å². The summed E-state index contributed by atoms with van der Waals surface area (Å²) in [5, 5.41) is 10.9. The molecule has 0 radical (unpaired) electrons. The largest absolute Gasteiger partial charge is 0.487 e. The van der Waals surface area contributed by atoms with Gasteiger partial charge in [-0.3, -0.25) is 19.6 Å². The van der Waals surface area contributed by atoms with Crippen LogP contribution in [0.25, 0.3) is 22.2 Å². The van der Waals surface area contributed by atoms with Crippen LogP contribution in [0.5, 0.6) is 5.75 Å². The molecular formula is C39H42FN3O4. The number of hydrogen-bond acceptors (Lipinski definition) is 5. The van der Waals surface area contributed by atoms with Crippen LogP contribution in [-0.2, 0) is 24.4 Å². The fourth-order valence-corrected chi connectivity index (χ4v) is 5.90. The van der Waals surface area contributed by atoms with Gasteiger partial charge in [-0.2, -0.15) is 0 Å². The Balaban J connectivity index is 1.62. The number of hydrogen-bond donors (Lipinski definition) is 1. The molecule has 0 atom stereocenters. The molecule has 0 spiro atoms. The SMILES string of the molecule is CCC(CC)C(=O)c1c(CC(C)(C)C(=O)O)n(Cc2ccc(-c3ccc(F)cn3)cc2)c2ccc(OCc3ccc(C)c(C)n3)cc12. The number of halogens is 1. The highest BCUT2D eigenvalue weighted by Crippen LogP contribution is 2.37. The number of rotatable bonds is 13. The van der Waals surface area contributed by atoms with E-state index in [4.69, 9.17) is 4.74 Å². The zero-order chi connectivity index (χ0) is 33.9. The lowest BCUT2D eigenvalue weighted by Crippen LogP contribution is -2.29. The van der Waals surface area contributed by atoms with E-state index in [1.54, 1.807) is 19.9 Å². The number of carboxylic acids is 1. The lowest BCUT2D eigenvalue weighted by atomic mass is 9.84. The van der Waals surface area contributed by atoms with Crippen LogP contribution < -0.4 is 4.74 Å². The molecule has 5 aromatic rings. The van der Waals surface area contributed by atoms with Crippen molar-refractivity contribution in [2.24, 2.45) is 11.3 Å². The molecule has 5 rings (SSSR count). The molecular weight excluding hydrogens is 593 g/mol. The first-order chi connectivity index (χ1) is 22.4. The first-order valence-corrected chi connectivity index (χ1v) is 16.1. The van der Waals surface area contributed by atoms with E-state index >= 15 is 0 Å². The van der Waals surface area contributed by atoms with Gasteiger partial charge in [0.2, 0.25) is 0 Å². The van der Waals surface area contributed by atoms with Crippen LogP contribution in [0.3, 0.4) is 0 Å². The Kier molecular flexibility index (Phi) is 9.89. The predicted molar refractivity (Wildman–Crippen MR) is 182 cm³/mol. The summed E-state index contributed by atoms with van der Waals surface area (Å²) in [6.07, 6.45) is 2.72. The minimum absolute atomic E-state index is 0.0145. The number of nitrogens with zero attached hydrogens (tertiary/aromatic N) is 3. The quantitative estimate of drug-likeness (QED) is 0.130. The predicted octanol–water partition coefficient (Wildman–Crippen LogP) is 8.75. The van der Waals surface area contributed by atoms with Crippen molar-refractivity contribution in [3.63, 3.8) is 0 Å². The van der Waals surface area contributed by atoms with Gasteiger partial charge in [0, 0.05) is 52.3 Å². The molecule has 0 aliphatic heterocycles. The molecule has 2 aromatic carbocycles. The molecule has 0 aliphatic rings. The van der Waals surface area contributed by atoms with Crippen molar-refractivity contribution in [3.8, 4) is 17.0 Å². The summed E-state index contributed by atoms with van der Waals surface area (Å²) in [5.74, 6) is -0.908. The number of Topliss-reactive ketones (excluding diaryl/α,β-unsaturated/α-hetero) is 1. The number of aliphatic carboxylic acids is 1. The van der Waals surface area contributed by atoms with Crippen LogP contribution in [0.15, 0.2) is 72.9 Å². The average Bonchev–Trinajstić information content (AvgIpc) is 3.33. The molecule has 47 heavy (non-hydrogen) atoms. The van der Waals surface area contributed by atoms with Crippen molar-refractivity contribution in [2.75, 3.05) is 0 Å². The molecule has 0 saturated carbocycles. The molecule has 0 aliphatic carbocycles. The minimum atomic E-state index is -1.12. The molecule has 0 saturated heterocycles. The zero-order valence-electron chi connectivity index (χ0n) is 27.9. The highest BCUT2D eigenvalue weighted by molar-refractivity contribution is 6.11. The summed E-state index contributed by atoms with van der Waals surface area (Å²) in [7, 11) is 0. The van der Waals surface area contributed by atoms with E-state index in [1.165, 1.54) is 12.3 Å². The summed E-state index contributed by atoms with van der Waals surface area (Å²) in [6, 6.07) is 20.6. The molecule has 244 valence electrons. The van der Waals surface area contributed by atoms with E-state index in [0.29, 0.717) is 42.1 Å². The number of carboxylic acid groups (broad SMARTS) is 1. The number of ether oxygens (including phenoxy) is 1. The van der Waals surface area contributed by atoms with E-state index in [-0.39, 0.29) is 24.7 Å². The summed E-state index contributed by atoms with van der Waals surface area (Å²) in [4.78, 5) is 35.5. The van der Waals surface area contributed by atoms with Gasteiger partial charge in [0.15, 0.2) is 5.78 Å². The Morgan fingerprint density at radius 2 is 1.70 bits per heavy atom. The molecule has 7 nitrogen and oxygen atoms in total. The lowest BCUT2D eigenvalue weighted by Gasteiger charge is -2.23. The number of aromatic nitrogens is 3. The van der Waals surface area contributed by atoms with Gasteiger partial charge in [0.05, 0.1) is 23.0 Å². The standard InChI is InChI=1S/C39H42FN3O4/c1-7-27(8-2)37(44)36-32-19-31(47-23-30-15-9-24(3)25(4)42-30)16-18-34(32)43(35(36)20-39(5,6)38(45)46)22-26-10-12-28(13-11-26)33-17-14-29(40)21-41-33/h9-19,21,27H,7-8,20,22-23H2,1-6H3,(H,45,46). The summed E-state index contributed by atoms with van der Waals surface area (Å²) in [6.45, 7) is 12.1. The van der Waals surface area contributed by atoms with Crippen molar-refractivity contribution in [2.45, 2.75) is 74.0 Å². The van der Waals surface area contributed by atoms with Crippen molar-refractivity contribution in [1.82, 2.24) is 14.5 Å². The molecule has 8 heteroatoms.